The highest BCUT2D eigenvalue weighted by molar-refractivity contribution is 7.12. The van der Waals surface area contributed by atoms with Crippen LogP contribution in [0.15, 0.2) is 28.5 Å². The van der Waals surface area contributed by atoms with E-state index in [0.717, 1.165) is 10.6 Å². The molecule has 1 aromatic carbocycles. The Labute approximate surface area is 97.2 Å². The van der Waals surface area contributed by atoms with E-state index in [1.54, 1.807) is 5.38 Å². The molecule has 2 aromatic heterocycles. The lowest BCUT2D eigenvalue weighted by Gasteiger charge is -1.99. The van der Waals surface area contributed by atoms with Crippen LogP contribution in [-0.4, -0.2) is 14.5 Å². The van der Waals surface area contributed by atoms with Gasteiger partial charge in [0.15, 0.2) is 16.8 Å². The van der Waals surface area contributed by atoms with Crippen molar-refractivity contribution in [3.8, 4) is 5.13 Å². The van der Waals surface area contributed by atoms with Crippen LogP contribution in [0.2, 0.25) is 0 Å². The van der Waals surface area contributed by atoms with E-state index in [4.69, 9.17) is 0 Å². The van der Waals surface area contributed by atoms with Crippen LogP contribution in [0.5, 0.6) is 0 Å². The van der Waals surface area contributed by atoms with Crippen LogP contribution in [0.1, 0.15) is 0 Å². The fraction of sp³-hybridized carbons (Fsp3) is 0. The van der Waals surface area contributed by atoms with Crippen molar-refractivity contribution in [3.05, 3.63) is 45.8 Å². The summed E-state index contributed by atoms with van der Waals surface area (Å²) in [7, 11) is 0. The first-order valence-electron chi connectivity index (χ1n) is 4.67. The minimum Gasteiger partial charge on any atom is -0.305 e. The van der Waals surface area contributed by atoms with Gasteiger partial charge in [-0.15, -0.1) is 11.3 Å². The van der Waals surface area contributed by atoms with Crippen LogP contribution in [-0.2, 0) is 0 Å². The molecule has 0 saturated carbocycles. The zero-order valence-electron chi connectivity index (χ0n) is 8.28. The lowest BCUT2D eigenvalue weighted by atomic mass is 10.3. The number of aromatic nitrogens is 3. The molecule has 3 rings (SSSR count). The molecule has 0 aliphatic heterocycles. The van der Waals surface area contributed by atoms with Crippen LogP contribution < -0.4 is 5.69 Å². The van der Waals surface area contributed by atoms with Crippen molar-refractivity contribution in [2.45, 2.75) is 0 Å². The summed E-state index contributed by atoms with van der Waals surface area (Å²) in [5, 5.41) is 1.95. The Morgan fingerprint density at radius 1 is 1.35 bits per heavy atom. The van der Waals surface area contributed by atoms with E-state index in [1.165, 1.54) is 23.6 Å². The Morgan fingerprint density at radius 2 is 2.18 bits per heavy atom. The number of imidazole rings is 1. The van der Waals surface area contributed by atoms with E-state index in [2.05, 4.69) is 9.97 Å². The molecule has 0 unspecified atom stereocenters. The van der Waals surface area contributed by atoms with Gasteiger partial charge < -0.3 is 4.98 Å². The van der Waals surface area contributed by atoms with E-state index < -0.39 is 17.3 Å². The molecule has 0 atom stereocenters. The first kappa shape index (κ1) is 10.2. The van der Waals surface area contributed by atoms with Gasteiger partial charge in [-0.25, -0.2) is 23.1 Å². The summed E-state index contributed by atoms with van der Waals surface area (Å²) in [6.45, 7) is 0. The van der Waals surface area contributed by atoms with Crippen molar-refractivity contribution in [2.75, 3.05) is 0 Å². The summed E-state index contributed by atoms with van der Waals surface area (Å²) >= 11 is 1.17. The number of benzene rings is 1. The summed E-state index contributed by atoms with van der Waals surface area (Å²) in [6, 6.07) is 2.29. The van der Waals surface area contributed by atoms with Gasteiger partial charge in [-0.1, -0.05) is 0 Å². The lowest BCUT2D eigenvalue weighted by molar-refractivity contribution is 0.514. The first-order chi connectivity index (χ1) is 8.18. The highest BCUT2D eigenvalue weighted by atomic mass is 32.1. The number of hydrogen-bond donors (Lipinski definition) is 1. The Morgan fingerprint density at radius 3 is 2.88 bits per heavy atom. The molecule has 2 heterocycles. The molecule has 4 nitrogen and oxygen atoms in total. The third-order valence-electron chi connectivity index (χ3n) is 2.35. The Bertz CT molecular complexity index is 745. The molecular weight excluding hydrogens is 248 g/mol. The molecule has 1 N–H and O–H groups in total. The summed E-state index contributed by atoms with van der Waals surface area (Å²) < 4.78 is 27.9. The molecule has 0 aliphatic carbocycles. The van der Waals surface area contributed by atoms with Crippen LogP contribution in [0.3, 0.4) is 0 Å². The predicted molar refractivity (Wildman–Crippen MR) is 59.5 cm³/mol. The minimum absolute atomic E-state index is 0.120. The summed E-state index contributed by atoms with van der Waals surface area (Å²) in [6.07, 6.45) is 1.49. The molecule has 0 spiro atoms. The van der Waals surface area contributed by atoms with Crippen molar-refractivity contribution >= 4 is 22.4 Å². The van der Waals surface area contributed by atoms with Crippen LogP contribution in [0.4, 0.5) is 8.78 Å². The monoisotopic (exact) mass is 253 g/mol. The second kappa shape index (κ2) is 3.49. The van der Waals surface area contributed by atoms with Gasteiger partial charge >= 0.3 is 5.69 Å². The average Bonchev–Trinajstić information content (AvgIpc) is 2.90. The number of hydrogen-bond acceptors (Lipinski definition) is 3. The van der Waals surface area contributed by atoms with Gasteiger partial charge in [0.1, 0.15) is 5.52 Å². The third-order valence-corrected chi connectivity index (χ3v) is 3.10. The highest BCUT2D eigenvalue weighted by Crippen LogP contribution is 2.21. The average molecular weight is 253 g/mol. The molecule has 0 saturated heterocycles. The first-order valence-corrected chi connectivity index (χ1v) is 5.55. The zero-order valence-corrected chi connectivity index (χ0v) is 9.09. The van der Waals surface area contributed by atoms with E-state index in [9.17, 15) is 13.6 Å². The van der Waals surface area contributed by atoms with Gasteiger partial charge in [0.05, 0.1) is 5.52 Å². The maximum atomic E-state index is 13.7. The maximum Gasteiger partial charge on any atom is 0.333 e. The molecule has 17 heavy (non-hydrogen) atoms. The SMILES string of the molecule is O=c1[nH]c2ccc(F)c(F)c2n1-c1nccs1. The van der Waals surface area contributed by atoms with Gasteiger partial charge in [-0.2, -0.15) is 0 Å². The fourth-order valence-corrected chi connectivity index (χ4v) is 2.29. The highest BCUT2D eigenvalue weighted by Gasteiger charge is 2.17. The van der Waals surface area contributed by atoms with Gasteiger partial charge in [-0.3, -0.25) is 0 Å². The molecule has 7 heteroatoms. The maximum absolute atomic E-state index is 13.7. The molecule has 86 valence electrons. The Hall–Kier alpha value is -2.02. The molecule has 0 radical (unpaired) electrons. The van der Waals surface area contributed by atoms with Crippen molar-refractivity contribution in [2.24, 2.45) is 0 Å². The van der Waals surface area contributed by atoms with E-state index in [-0.39, 0.29) is 11.0 Å². The van der Waals surface area contributed by atoms with Crippen molar-refractivity contribution < 1.29 is 8.78 Å². The van der Waals surface area contributed by atoms with Crippen LogP contribution in [0, 0.1) is 11.6 Å². The molecule has 0 amide bonds. The smallest absolute Gasteiger partial charge is 0.305 e. The van der Waals surface area contributed by atoms with E-state index in [1.807, 2.05) is 0 Å². The van der Waals surface area contributed by atoms with Crippen molar-refractivity contribution in [1.29, 1.82) is 0 Å². The standard InChI is InChI=1S/C10H5F2N3OS/c11-5-1-2-6-8(7(5)12)15(9(16)14-6)10-13-3-4-17-10/h1-4H,(H,14,16). The quantitative estimate of drug-likeness (QED) is 0.721. The largest absolute Gasteiger partial charge is 0.333 e. The third kappa shape index (κ3) is 1.39. The molecule has 0 bridgehead atoms. The molecule has 0 aliphatic rings. The summed E-state index contributed by atoms with van der Waals surface area (Å²) in [4.78, 5) is 18.0. The number of fused-ring (bicyclic) bond motifs is 1. The second-order valence-corrected chi connectivity index (χ2v) is 4.21. The van der Waals surface area contributed by atoms with Crippen LogP contribution in [0.25, 0.3) is 16.2 Å². The molecular formula is C10H5F2N3OS. The van der Waals surface area contributed by atoms with Gasteiger partial charge in [0, 0.05) is 11.6 Å². The molecule has 0 fully saturated rings. The fourth-order valence-electron chi connectivity index (χ4n) is 1.64. The number of H-pyrrole nitrogens is 1. The van der Waals surface area contributed by atoms with Gasteiger partial charge in [-0.05, 0) is 12.1 Å². The zero-order chi connectivity index (χ0) is 12.0. The topological polar surface area (TPSA) is 50.7 Å². The van der Waals surface area contributed by atoms with Gasteiger partial charge in [0.2, 0.25) is 0 Å². The van der Waals surface area contributed by atoms with Gasteiger partial charge in [0.25, 0.3) is 0 Å². The van der Waals surface area contributed by atoms with Crippen molar-refractivity contribution in [1.82, 2.24) is 14.5 Å². The summed E-state index contributed by atoms with van der Waals surface area (Å²) in [5.41, 5.74) is -0.423. The minimum atomic E-state index is -1.06. The second-order valence-electron chi connectivity index (χ2n) is 3.34. The number of nitrogens with zero attached hydrogens (tertiary/aromatic N) is 2. The predicted octanol–water partition coefficient (Wildman–Crippen LogP) is 2.05. The van der Waals surface area contributed by atoms with Crippen LogP contribution >= 0.6 is 11.3 Å². The van der Waals surface area contributed by atoms with E-state index >= 15 is 0 Å². The number of thiazole rings is 1. The lowest BCUT2D eigenvalue weighted by Crippen LogP contribution is -2.14. The number of rotatable bonds is 1. The number of aromatic amines is 1. The number of halogens is 2. The molecule has 3 aromatic rings. The Balaban J connectivity index is 2.50. The summed E-state index contributed by atoms with van der Waals surface area (Å²) in [5.74, 6) is -2.06. The normalized spacial score (nSPS) is 11.2. The number of nitrogens with one attached hydrogen (secondary N) is 1. The van der Waals surface area contributed by atoms with E-state index in [0.29, 0.717) is 5.13 Å². The van der Waals surface area contributed by atoms with Crippen molar-refractivity contribution in [3.63, 3.8) is 0 Å². The Kier molecular flexibility index (Phi) is 2.08.